The van der Waals surface area contributed by atoms with Gasteiger partial charge < -0.3 is 10.1 Å². The first-order chi connectivity index (χ1) is 15.2. The molecule has 3 aromatic carbocycles. The maximum absolute atomic E-state index is 14.1. The summed E-state index contributed by atoms with van der Waals surface area (Å²) in [5.74, 6) is -2.49. The largest absolute Gasteiger partial charge is 0.494 e. The number of amides is 1. The van der Waals surface area contributed by atoms with Crippen molar-refractivity contribution in [1.82, 2.24) is 5.43 Å². The van der Waals surface area contributed by atoms with Gasteiger partial charge in [0.05, 0.1) is 28.3 Å². The van der Waals surface area contributed by atoms with Crippen molar-refractivity contribution < 1.29 is 26.7 Å². The Kier molecular flexibility index (Phi) is 5.76. The average molecular weight is 480 g/mol. The van der Waals surface area contributed by atoms with Crippen LogP contribution in [0.2, 0.25) is 5.02 Å². The minimum atomic E-state index is -4.18. The molecule has 11 heteroatoms. The van der Waals surface area contributed by atoms with Gasteiger partial charge in [0.25, 0.3) is 15.9 Å². The monoisotopic (exact) mass is 479 g/mol. The summed E-state index contributed by atoms with van der Waals surface area (Å²) >= 11 is 5.93. The van der Waals surface area contributed by atoms with Crippen molar-refractivity contribution in [1.29, 1.82) is 0 Å². The van der Waals surface area contributed by atoms with Crippen LogP contribution in [-0.4, -0.2) is 21.4 Å². The molecule has 0 fully saturated rings. The van der Waals surface area contributed by atoms with Crippen molar-refractivity contribution in [3.8, 4) is 5.75 Å². The van der Waals surface area contributed by atoms with Crippen molar-refractivity contribution in [2.24, 2.45) is 0 Å². The number of sulfonamides is 1. The molecule has 0 atom stereocenters. The number of methoxy groups -OCH3 is 1. The third-order valence-corrected chi connectivity index (χ3v) is 6.80. The molecule has 0 aromatic heterocycles. The standard InChI is InChI=1S/C21H16ClF2N3O4S/c1-31-19-8-7-14(10-17(19)24)32(29,30)27-18-9-13(6-5-12(18)11-25-27)26-21(28)20-15(22)3-2-4-16(20)23/h2-10,25H,11H2,1H3,(H,26,28). The summed E-state index contributed by atoms with van der Waals surface area (Å²) in [6.45, 7) is 0.195. The summed E-state index contributed by atoms with van der Waals surface area (Å²) in [5.41, 5.74) is 3.49. The number of carbonyl (C=O) groups is 1. The third-order valence-electron chi connectivity index (χ3n) is 4.83. The number of rotatable bonds is 5. The van der Waals surface area contributed by atoms with Gasteiger partial charge in [-0.3, -0.25) is 4.79 Å². The molecule has 0 aliphatic carbocycles. The van der Waals surface area contributed by atoms with Crippen molar-refractivity contribution in [3.05, 3.63) is 82.4 Å². The number of benzene rings is 3. The predicted octanol–water partition coefficient (Wildman–Crippen LogP) is 4.09. The van der Waals surface area contributed by atoms with Crippen LogP contribution in [0.3, 0.4) is 0 Å². The SMILES string of the molecule is COc1ccc(S(=O)(=O)N2NCc3ccc(NC(=O)c4c(F)cccc4Cl)cc32)cc1F. The van der Waals surface area contributed by atoms with E-state index in [1.807, 2.05) is 0 Å². The summed E-state index contributed by atoms with van der Waals surface area (Å²) in [6, 6.07) is 11.8. The van der Waals surface area contributed by atoms with Gasteiger partial charge >= 0.3 is 0 Å². The minimum absolute atomic E-state index is 0.0592. The Labute approximate surface area is 187 Å². The molecule has 0 spiro atoms. The number of anilines is 2. The molecule has 166 valence electrons. The minimum Gasteiger partial charge on any atom is -0.494 e. The Hall–Kier alpha value is -3.21. The molecule has 0 unspecified atom stereocenters. The van der Waals surface area contributed by atoms with Gasteiger partial charge in [-0.25, -0.2) is 14.2 Å². The number of hydrogen-bond donors (Lipinski definition) is 2. The second kappa shape index (κ2) is 8.38. The van der Waals surface area contributed by atoms with Gasteiger partial charge in [0, 0.05) is 12.2 Å². The number of fused-ring (bicyclic) bond motifs is 1. The topological polar surface area (TPSA) is 87.7 Å². The fourth-order valence-corrected chi connectivity index (χ4v) is 4.87. The normalized spacial score (nSPS) is 13.1. The fourth-order valence-electron chi connectivity index (χ4n) is 3.26. The predicted molar refractivity (Wildman–Crippen MR) is 115 cm³/mol. The van der Waals surface area contributed by atoms with Gasteiger partial charge in [-0.1, -0.05) is 23.7 Å². The zero-order valence-corrected chi connectivity index (χ0v) is 18.1. The van der Waals surface area contributed by atoms with Crippen LogP contribution in [0.1, 0.15) is 15.9 Å². The van der Waals surface area contributed by atoms with Crippen molar-refractivity contribution >= 4 is 38.9 Å². The van der Waals surface area contributed by atoms with Gasteiger partial charge in [-0.05, 0) is 48.0 Å². The van der Waals surface area contributed by atoms with Crippen LogP contribution in [0.4, 0.5) is 20.2 Å². The summed E-state index contributed by atoms with van der Waals surface area (Å²) in [7, 11) is -2.90. The Bertz CT molecular complexity index is 1310. The maximum atomic E-state index is 14.1. The highest BCUT2D eigenvalue weighted by Gasteiger charge is 2.32. The van der Waals surface area contributed by atoms with Crippen LogP contribution in [0, 0.1) is 11.6 Å². The van der Waals surface area contributed by atoms with E-state index in [1.165, 1.54) is 37.4 Å². The van der Waals surface area contributed by atoms with Crippen LogP contribution in [0.15, 0.2) is 59.5 Å². The second-order valence-electron chi connectivity index (χ2n) is 6.79. The van der Waals surface area contributed by atoms with E-state index in [9.17, 15) is 22.0 Å². The van der Waals surface area contributed by atoms with E-state index in [0.717, 1.165) is 16.5 Å². The second-order valence-corrected chi connectivity index (χ2v) is 8.99. The van der Waals surface area contributed by atoms with E-state index in [1.54, 1.807) is 12.1 Å². The molecular weight excluding hydrogens is 464 g/mol. The van der Waals surface area contributed by atoms with Crippen LogP contribution in [0.5, 0.6) is 5.75 Å². The first-order valence-electron chi connectivity index (χ1n) is 9.23. The Balaban J connectivity index is 1.65. The number of halogens is 3. The zero-order chi connectivity index (χ0) is 23.0. The number of carbonyl (C=O) groups excluding carboxylic acids is 1. The molecule has 4 rings (SSSR count). The van der Waals surface area contributed by atoms with Crippen LogP contribution < -0.4 is 19.9 Å². The molecular formula is C21H16ClF2N3O4S. The molecule has 0 saturated carbocycles. The molecule has 3 aromatic rings. The molecule has 0 saturated heterocycles. The van der Waals surface area contributed by atoms with Gasteiger partial charge in [0.2, 0.25) is 0 Å². The highest BCUT2D eigenvalue weighted by Crippen LogP contribution is 2.34. The van der Waals surface area contributed by atoms with Crippen molar-refractivity contribution in [2.75, 3.05) is 16.8 Å². The highest BCUT2D eigenvalue weighted by molar-refractivity contribution is 7.92. The van der Waals surface area contributed by atoms with Gasteiger partial charge in [0.1, 0.15) is 5.82 Å². The van der Waals surface area contributed by atoms with E-state index in [0.29, 0.717) is 5.56 Å². The highest BCUT2D eigenvalue weighted by atomic mass is 35.5. The quantitative estimate of drug-likeness (QED) is 0.575. The number of hydrogen-bond acceptors (Lipinski definition) is 5. The fraction of sp³-hybridized carbons (Fsp3) is 0.0952. The van der Waals surface area contributed by atoms with E-state index in [2.05, 4.69) is 10.7 Å². The molecule has 32 heavy (non-hydrogen) atoms. The van der Waals surface area contributed by atoms with Crippen LogP contribution in [-0.2, 0) is 16.6 Å². The van der Waals surface area contributed by atoms with Crippen LogP contribution in [0.25, 0.3) is 0 Å². The average Bonchev–Trinajstić information content (AvgIpc) is 3.17. The Morgan fingerprint density at radius 3 is 2.59 bits per heavy atom. The molecule has 1 heterocycles. The lowest BCUT2D eigenvalue weighted by molar-refractivity contribution is 0.102. The maximum Gasteiger partial charge on any atom is 0.277 e. The molecule has 1 aliphatic rings. The van der Waals surface area contributed by atoms with Crippen LogP contribution >= 0.6 is 11.6 Å². The first-order valence-corrected chi connectivity index (χ1v) is 11.0. The zero-order valence-electron chi connectivity index (χ0n) is 16.5. The summed E-state index contributed by atoms with van der Waals surface area (Å²) in [4.78, 5) is 12.2. The van der Waals surface area contributed by atoms with E-state index in [-0.39, 0.29) is 39.2 Å². The third kappa shape index (κ3) is 3.88. The lowest BCUT2D eigenvalue weighted by atomic mass is 10.1. The number of ether oxygens (including phenoxy) is 1. The summed E-state index contributed by atoms with van der Waals surface area (Å²) < 4.78 is 60.0. The van der Waals surface area contributed by atoms with Gasteiger partial charge in [-0.2, -0.15) is 12.8 Å². The van der Waals surface area contributed by atoms with Gasteiger partial charge in [-0.15, -0.1) is 0 Å². The lowest BCUT2D eigenvalue weighted by Crippen LogP contribution is -2.38. The van der Waals surface area contributed by atoms with Crippen molar-refractivity contribution in [2.45, 2.75) is 11.4 Å². The smallest absolute Gasteiger partial charge is 0.277 e. The molecule has 1 aliphatic heterocycles. The number of nitrogens with one attached hydrogen (secondary N) is 2. The summed E-state index contributed by atoms with van der Waals surface area (Å²) in [5, 5.41) is 2.46. The molecule has 0 radical (unpaired) electrons. The number of nitrogens with zero attached hydrogens (tertiary/aromatic N) is 1. The number of hydrazine groups is 1. The summed E-state index contributed by atoms with van der Waals surface area (Å²) in [6.07, 6.45) is 0. The molecule has 7 nitrogen and oxygen atoms in total. The van der Waals surface area contributed by atoms with E-state index < -0.39 is 27.6 Å². The molecule has 0 bridgehead atoms. The van der Waals surface area contributed by atoms with Gasteiger partial charge in [0.15, 0.2) is 11.6 Å². The van der Waals surface area contributed by atoms with Crippen molar-refractivity contribution in [3.63, 3.8) is 0 Å². The Morgan fingerprint density at radius 1 is 1.12 bits per heavy atom. The molecule has 1 amide bonds. The Morgan fingerprint density at radius 2 is 1.91 bits per heavy atom. The first kappa shape index (κ1) is 22.0. The lowest BCUT2D eigenvalue weighted by Gasteiger charge is -2.20. The van der Waals surface area contributed by atoms with E-state index >= 15 is 0 Å². The van der Waals surface area contributed by atoms with E-state index in [4.69, 9.17) is 16.3 Å². The molecule has 2 N–H and O–H groups in total.